The highest BCUT2D eigenvalue weighted by atomic mass is 16.2. The van der Waals surface area contributed by atoms with Crippen LogP contribution in [0, 0.1) is 5.92 Å². The Morgan fingerprint density at radius 3 is 2.22 bits per heavy atom. The van der Waals surface area contributed by atoms with Crippen LogP contribution in [-0.2, 0) is 4.79 Å². The molecule has 142 valence electrons. The molecule has 2 heterocycles. The molecule has 0 radical (unpaired) electrons. The van der Waals surface area contributed by atoms with Crippen molar-refractivity contribution in [1.82, 2.24) is 15.2 Å². The van der Waals surface area contributed by atoms with Gasteiger partial charge in [-0.2, -0.15) is 0 Å². The first-order valence-electron chi connectivity index (χ1n) is 9.37. The maximum atomic E-state index is 13.0. The number of pyridine rings is 1. The summed E-state index contributed by atoms with van der Waals surface area (Å²) < 4.78 is 0. The number of anilines is 1. The minimum atomic E-state index is -0.529. The average molecular weight is 366 g/mol. The Morgan fingerprint density at radius 2 is 1.63 bits per heavy atom. The van der Waals surface area contributed by atoms with Gasteiger partial charge in [-0.15, -0.1) is 0 Å². The lowest BCUT2D eigenvalue weighted by Gasteiger charge is -2.37. The van der Waals surface area contributed by atoms with E-state index in [-0.39, 0.29) is 17.7 Å². The van der Waals surface area contributed by atoms with E-state index in [2.05, 4.69) is 15.2 Å². The first-order chi connectivity index (χ1) is 13.1. The number of nitrogens with one attached hydrogen (secondary N) is 1. The maximum absolute atomic E-state index is 13.0. The number of aromatic nitrogens is 1. The monoisotopic (exact) mass is 366 g/mol. The molecule has 0 aliphatic carbocycles. The van der Waals surface area contributed by atoms with Crippen molar-refractivity contribution in [3.05, 3.63) is 60.3 Å². The lowest BCUT2D eigenvalue weighted by atomic mass is 10.0. The summed E-state index contributed by atoms with van der Waals surface area (Å²) in [6.45, 7) is 6.63. The molecule has 0 unspecified atom stereocenters. The number of benzene rings is 1. The molecular weight excluding hydrogens is 340 g/mol. The first kappa shape index (κ1) is 18.9. The molecule has 1 aromatic heterocycles. The molecule has 3 rings (SSSR count). The summed E-state index contributed by atoms with van der Waals surface area (Å²) in [5.41, 5.74) is 0.566. The molecule has 1 atom stereocenters. The summed E-state index contributed by atoms with van der Waals surface area (Å²) in [6.07, 6.45) is 1.78. The van der Waals surface area contributed by atoms with Crippen molar-refractivity contribution in [1.29, 1.82) is 0 Å². The van der Waals surface area contributed by atoms with Crippen molar-refractivity contribution < 1.29 is 9.59 Å². The Morgan fingerprint density at radius 1 is 0.963 bits per heavy atom. The van der Waals surface area contributed by atoms with Crippen molar-refractivity contribution in [2.45, 2.75) is 19.9 Å². The molecule has 0 bridgehead atoms. The molecule has 2 amide bonds. The summed E-state index contributed by atoms with van der Waals surface area (Å²) in [7, 11) is 0. The van der Waals surface area contributed by atoms with Gasteiger partial charge >= 0.3 is 0 Å². The summed E-state index contributed by atoms with van der Waals surface area (Å²) in [4.78, 5) is 33.9. The Bertz CT molecular complexity index is 756. The van der Waals surface area contributed by atoms with Gasteiger partial charge in [0.2, 0.25) is 5.91 Å². The average Bonchev–Trinajstić information content (AvgIpc) is 2.72. The largest absolute Gasteiger partial charge is 0.353 e. The fourth-order valence-electron chi connectivity index (χ4n) is 3.22. The van der Waals surface area contributed by atoms with E-state index in [0.29, 0.717) is 18.7 Å². The molecular formula is C21H26N4O2. The molecule has 1 aromatic carbocycles. The van der Waals surface area contributed by atoms with Crippen molar-refractivity contribution >= 4 is 17.6 Å². The van der Waals surface area contributed by atoms with Crippen LogP contribution < -0.4 is 10.2 Å². The highest BCUT2D eigenvalue weighted by Crippen LogP contribution is 2.15. The fourth-order valence-corrected chi connectivity index (χ4v) is 3.22. The zero-order valence-corrected chi connectivity index (χ0v) is 15.8. The lowest BCUT2D eigenvalue weighted by Crippen LogP contribution is -2.56. The van der Waals surface area contributed by atoms with Crippen LogP contribution >= 0.6 is 0 Å². The van der Waals surface area contributed by atoms with Crippen LogP contribution in [-0.4, -0.2) is 53.9 Å². The minimum Gasteiger partial charge on any atom is -0.353 e. The molecule has 1 aliphatic rings. The number of hydrogen-bond acceptors (Lipinski definition) is 4. The van der Waals surface area contributed by atoms with Crippen LogP contribution in [0.15, 0.2) is 54.7 Å². The van der Waals surface area contributed by atoms with Gasteiger partial charge in [-0.25, -0.2) is 4.98 Å². The molecule has 6 nitrogen and oxygen atoms in total. The highest BCUT2D eigenvalue weighted by molar-refractivity contribution is 5.97. The Hall–Kier alpha value is -2.89. The van der Waals surface area contributed by atoms with Crippen molar-refractivity contribution in [2.24, 2.45) is 5.92 Å². The van der Waals surface area contributed by atoms with Gasteiger partial charge in [-0.1, -0.05) is 38.1 Å². The fraction of sp³-hybridized carbons (Fsp3) is 0.381. The molecule has 1 fully saturated rings. The van der Waals surface area contributed by atoms with E-state index < -0.39 is 6.04 Å². The van der Waals surface area contributed by atoms with Crippen LogP contribution in [0.1, 0.15) is 24.2 Å². The summed E-state index contributed by atoms with van der Waals surface area (Å²) in [5.74, 6) is 0.714. The zero-order chi connectivity index (χ0) is 19.2. The molecule has 0 spiro atoms. The predicted octanol–water partition coefficient (Wildman–Crippen LogP) is 2.18. The Labute approximate surface area is 160 Å². The number of hydrogen-bond donors (Lipinski definition) is 1. The second-order valence-corrected chi connectivity index (χ2v) is 7.06. The molecule has 2 aromatic rings. The van der Waals surface area contributed by atoms with Crippen molar-refractivity contribution in [3.8, 4) is 0 Å². The topological polar surface area (TPSA) is 65.5 Å². The van der Waals surface area contributed by atoms with E-state index >= 15 is 0 Å². The number of carbonyl (C=O) groups excluding carboxylic acids is 2. The Balaban J connectivity index is 1.61. The van der Waals surface area contributed by atoms with Gasteiger partial charge < -0.3 is 15.1 Å². The normalized spacial score (nSPS) is 15.5. The maximum Gasteiger partial charge on any atom is 0.251 e. The van der Waals surface area contributed by atoms with Crippen molar-refractivity contribution in [2.75, 3.05) is 31.1 Å². The molecule has 27 heavy (non-hydrogen) atoms. The summed E-state index contributed by atoms with van der Waals surface area (Å²) in [6, 6.07) is 14.3. The smallest absolute Gasteiger partial charge is 0.251 e. The molecule has 0 saturated carbocycles. The van der Waals surface area contributed by atoms with E-state index in [1.807, 2.05) is 55.1 Å². The quantitative estimate of drug-likeness (QED) is 0.881. The second kappa shape index (κ2) is 8.66. The number of rotatable bonds is 5. The number of nitrogens with zero attached hydrogens (tertiary/aromatic N) is 3. The third-order valence-electron chi connectivity index (χ3n) is 4.82. The van der Waals surface area contributed by atoms with Crippen LogP contribution in [0.3, 0.4) is 0 Å². The van der Waals surface area contributed by atoms with Crippen LogP contribution in [0.2, 0.25) is 0 Å². The van der Waals surface area contributed by atoms with Gasteiger partial charge in [-0.3, -0.25) is 9.59 Å². The third-order valence-corrected chi connectivity index (χ3v) is 4.82. The molecule has 1 aliphatic heterocycles. The van der Waals surface area contributed by atoms with Gasteiger partial charge in [0.25, 0.3) is 5.91 Å². The predicted molar refractivity (Wildman–Crippen MR) is 106 cm³/mol. The van der Waals surface area contributed by atoms with E-state index in [4.69, 9.17) is 0 Å². The van der Waals surface area contributed by atoms with Crippen LogP contribution in [0.5, 0.6) is 0 Å². The van der Waals surface area contributed by atoms with Gasteiger partial charge in [0.05, 0.1) is 0 Å². The standard InChI is InChI=1S/C21H26N4O2/c1-16(2)19(23-20(26)17-8-4-3-5-9-17)21(27)25-14-12-24(13-15-25)18-10-6-7-11-22-18/h3-11,16,19H,12-15H2,1-2H3,(H,23,26)/t19-/m0/s1. The van der Waals surface area contributed by atoms with Gasteiger partial charge in [0.15, 0.2) is 0 Å². The van der Waals surface area contributed by atoms with Crippen LogP contribution in [0.25, 0.3) is 0 Å². The van der Waals surface area contributed by atoms with Gasteiger partial charge in [0, 0.05) is 37.9 Å². The first-order valence-corrected chi connectivity index (χ1v) is 9.37. The van der Waals surface area contributed by atoms with E-state index in [9.17, 15) is 9.59 Å². The third kappa shape index (κ3) is 4.64. The molecule has 6 heteroatoms. The molecule has 1 N–H and O–H groups in total. The van der Waals surface area contributed by atoms with Gasteiger partial charge in [0.1, 0.15) is 11.9 Å². The summed E-state index contributed by atoms with van der Waals surface area (Å²) in [5, 5.41) is 2.92. The number of piperazine rings is 1. The minimum absolute atomic E-state index is 0.0129. The molecule has 1 saturated heterocycles. The number of carbonyl (C=O) groups is 2. The van der Waals surface area contributed by atoms with E-state index in [0.717, 1.165) is 18.9 Å². The SMILES string of the molecule is CC(C)[C@H](NC(=O)c1ccccc1)C(=O)N1CCN(c2ccccn2)CC1. The van der Waals surface area contributed by atoms with Crippen LogP contribution in [0.4, 0.5) is 5.82 Å². The second-order valence-electron chi connectivity index (χ2n) is 7.06. The lowest BCUT2D eigenvalue weighted by molar-refractivity contribution is -0.134. The van der Waals surface area contributed by atoms with E-state index in [1.165, 1.54) is 0 Å². The van der Waals surface area contributed by atoms with Crippen molar-refractivity contribution in [3.63, 3.8) is 0 Å². The highest BCUT2D eigenvalue weighted by Gasteiger charge is 2.31. The Kier molecular flexibility index (Phi) is 6.06. The van der Waals surface area contributed by atoms with Gasteiger partial charge in [-0.05, 0) is 30.2 Å². The summed E-state index contributed by atoms with van der Waals surface area (Å²) >= 11 is 0. The van der Waals surface area contributed by atoms with E-state index in [1.54, 1.807) is 18.3 Å². The zero-order valence-electron chi connectivity index (χ0n) is 15.8. The number of amides is 2.